The van der Waals surface area contributed by atoms with Gasteiger partial charge in [-0.15, -0.1) is 0 Å². The molecule has 0 bridgehead atoms. The molecule has 0 heterocycles. The Balaban J connectivity index is 1.42. The van der Waals surface area contributed by atoms with E-state index >= 15 is 0 Å². The number of nitrogens with one attached hydrogen (secondary N) is 1. The van der Waals surface area contributed by atoms with Crippen molar-refractivity contribution in [1.82, 2.24) is 10.2 Å². The predicted octanol–water partition coefficient (Wildman–Crippen LogP) is 6.23. The lowest BCUT2D eigenvalue weighted by Gasteiger charge is -2.53. The maximum atomic E-state index is 13.0. The Labute approximate surface area is 224 Å². The molecule has 202 valence electrons. The van der Waals surface area contributed by atoms with Gasteiger partial charge in [-0.1, -0.05) is 63.6 Å². The second-order valence-corrected chi connectivity index (χ2v) is 13.9. The molecule has 1 aromatic rings. The molecule has 0 saturated heterocycles. The molecule has 8 atom stereocenters. The van der Waals surface area contributed by atoms with E-state index in [1.165, 1.54) is 31.3 Å². The van der Waals surface area contributed by atoms with Gasteiger partial charge < -0.3 is 15.3 Å². The minimum absolute atomic E-state index is 0.00253. The number of rotatable bonds is 4. The summed E-state index contributed by atoms with van der Waals surface area (Å²) in [5.41, 5.74) is 4.03. The van der Waals surface area contributed by atoms with Crippen molar-refractivity contribution in [2.75, 3.05) is 14.1 Å². The number of carbonyl (C=O) groups is 1. The maximum Gasteiger partial charge on any atom is 0.251 e. The molecule has 0 unspecified atom stereocenters. The number of hydrogen-bond donors (Lipinski definition) is 2. The Hall–Kier alpha value is -1.91. The summed E-state index contributed by atoms with van der Waals surface area (Å²) in [6.45, 7) is 11.9. The first-order valence-corrected chi connectivity index (χ1v) is 14.5. The van der Waals surface area contributed by atoms with Gasteiger partial charge in [0.05, 0.1) is 6.10 Å². The lowest BCUT2D eigenvalue weighted by Crippen LogP contribution is -2.51. The molecule has 1 amide bonds. The highest BCUT2D eigenvalue weighted by atomic mass is 16.3. The molecule has 4 heteroatoms. The second-order valence-electron chi connectivity index (χ2n) is 13.9. The molecular weight excluding hydrogens is 456 g/mol. The number of amides is 1. The summed E-state index contributed by atoms with van der Waals surface area (Å²) in [4.78, 5) is 15.4. The summed E-state index contributed by atoms with van der Waals surface area (Å²) in [5.74, 6) is 1.04. The average molecular weight is 505 g/mol. The van der Waals surface area contributed by atoms with E-state index in [1.54, 1.807) is 5.57 Å². The Morgan fingerprint density at radius 3 is 2.38 bits per heavy atom. The number of nitrogens with zero attached hydrogens (tertiary/aromatic N) is 1. The van der Waals surface area contributed by atoms with Crippen LogP contribution in [0.15, 0.2) is 53.6 Å². The fraction of sp³-hybridized carbons (Fsp3) is 0.667. The molecule has 4 nitrogen and oxygen atoms in total. The van der Waals surface area contributed by atoms with Gasteiger partial charge in [-0.2, -0.15) is 0 Å². The van der Waals surface area contributed by atoms with Crippen molar-refractivity contribution in [2.45, 2.75) is 91.3 Å². The van der Waals surface area contributed by atoms with Crippen LogP contribution in [0.2, 0.25) is 0 Å². The maximum absolute atomic E-state index is 13.0. The molecule has 2 fully saturated rings. The van der Waals surface area contributed by atoms with Gasteiger partial charge in [0.2, 0.25) is 0 Å². The minimum atomic E-state index is -0.415. The second kappa shape index (κ2) is 9.38. The molecule has 0 spiro atoms. The molecule has 0 aliphatic heterocycles. The van der Waals surface area contributed by atoms with Gasteiger partial charge >= 0.3 is 0 Å². The van der Waals surface area contributed by atoms with Gasteiger partial charge in [-0.05, 0) is 105 Å². The highest BCUT2D eigenvalue weighted by molar-refractivity contribution is 5.94. The summed E-state index contributed by atoms with van der Waals surface area (Å²) in [6.07, 6.45) is 11.3. The SMILES string of the molecule is C[C@H](NC(=O)c1ccccc1)[C@H]1[C@H](O)C[C@@]2(C)[C@@H]3CC[C@@H]4C(=CC3=CC[C@]12C)CC[C@H](N(C)C)C4(C)C. The highest BCUT2D eigenvalue weighted by Crippen LogP contribution is 2.68. The number of aliphatic hydroxyl groups excluding tert-OH is 1. The van der Waals surface area contributed by atoms with Crippen LogP contribution in [-0.2, 0) is 0 Å². The topological polar surface area (TPSA) is 52.6 Å². The van der Waals surface area contributed by atoms with Crippen molar-refractivity contribution in [3.05, 3.63) is 59.2 Å². The number of fused-ring (bicyclic) bond motifs is 4. The third kappa shape index (κ3) is 4.14. The lowest BCUT2D eigenvalue weighted by atomic mass is 9.51. The van der Waals surface area contributed by atoms with Crippen molar-refractivity contribution in [3.63, 3.8) is 0 Å². The van der Waals surface area contributed by atoms with Crippen molar-refractivity contribution in [3.8, 4) is 0 Å². The minimum Gasteiger partial charge on any atom is -0.393 e. The first kappa shape index (κ1) is 26.7. The fourth-order valence-electron chi connectivity index (χ4n) is 9.61. The van der Waals surface area contributed by atoms with Gasteiger partial charge in [0, 0.05) is 23.6 Å². The molecular formula is C33H48N2O2. The van der Waals surface area contributed by atoms with Crippen LogP contribution in [-0.4, -0.2) is 48.2 Å². The number of aliphatic hydroxyl groups is 1. The Morgan fingerprint density at radius 2 is 1.70 bits per heavy atom. The third-order valence-corrected chi connectivity index (χ3v) is 11.6. The van der Waals surface area contributed by atoms with Crippen LogP contribution in [0.4, 0.5) is 0 Å². The molecule has 4 aliphatic rings. The molecule has 1 aromatic carbocycles. The normalized spacial score (nSPS) is 39.4. The quantitative estimate of drug-likeness (QED) is 0.511. The van der Waals surface area contributed by atoms with E-state index in [1.807, 2.05) is 30.3 Å². The zero-order valence-electron chi connectivity index (χ0n) is 24.1. The molecule has 4 aliphatic carbocycles. The van der Waals surface area contributed by atoms with Gasteiger partial charge in [-0.25, -0.2) is 0 Å². The van der Waals surface area contributed by atoms with Crippen molar-refractivity contribution in [2.24, 2.45) is 34.0 Å². The van der Waals surface area contributed by atoms with E-state index in [0.29, 0.717) is 23.4 Å². The van der Waals surface area contributed by atoms with Crippen LogP contribution in [0.5, 0.6) is 0 Å². The number of carbonyl (C=O) groups excluding carboxylic acids is 1. The van der Waals surface area contributed by atoms with Crippen LogP contribution in [0.25, 0.3) is 0 Å². The first-order valence-electron chi connectivity index (χ1n) is 14.5. The van der Waals surface area contributed by atoms with E-state index in [-0.39, 0.29) is 34.1 Å². The summed E-state index contributed by atoms with van der Waals surface area (Å²) in [5, 5.41) is 14.8. The zero-order valence-corrected chi connectivity index (χ0v) is 24.1. The van der Waals surface area contributed by atoms with Crippen LogP contribution in [0, 0.1) is 34.0 Å². The lowest BCUT2D eigenvalue weighted by molar-refractivity contribution is -0.00773. The van der Waals surface area contributed by atoms with Crippen LogP contribution in [0.1, 0.15) is 83.5 Å². The van der Waals surface area contributed by atoms with Gasteiger partial charge in [0.25, 0.3) is 5.91 Å². The summed E-state index contributed by atoms with van der Waals surface area (Å²) >= 11 is 0. The third-order valence-electron chi connectivity index (χ3n) is 11.6. The monoisotopic (exact) mass is 504 g/mol. The highest BCUT2D eigenvalue weighted by Gasteiger charge is 2.64. The Bertz CT molecular complexity index is 1090. The van der Waals surface area contributed by atoms with Crippen molar-refractivity contribution >= 4 is 5.91 Å². The molecule has 5 rings (SSSR count). The van der Waals surface area contributed by atoms with Crippen molar-refractivity contribution < 1.29 is 9.90 Å². The number of allylic oxidation sites excluding steroid dienone is 4. The number of benzene rings is 1. The van der Waals surface area contributed by atoms with E-state index in [0.717, 1.165) is 12.8 Å². The van der Waals surface area contributed by atoms with Crippen LogP contribution < -0.4 is 5.32 Å². The van der Waals surface area contributed by atoms with Crippen LogP contribution in [0.3, 0.4) is 0 Å². The first-order chi connectivity index (χ1) is 17.4. The molecule has 2 saturated carbocycles. The largest absolute Gasteiger partial charge is 0.393 e. The zero-order chi connectivity index (χ0) is 26.8. The van der Waals surface area contributed by atoms with Crippen LogP contribution >= 0.6 is 0 Å². The molecule has 2 N–H and O–H groups in total. The molecule has 37 heavy (non-hydrogen) atoms. The van der Waals surface area contributed by atoms with E-state index < -0.39 is 6.10 Å². The Morgan fingerprint density at radius 1 is 1.03 bits per heavy atom. The van der Waals surface area contributed by atoms with Crippen molar-refractivity contribution in [1.29, 1.82) is 0 Å². The van der Waals surface area contributed by atoms with E-state index in [4.69, 9.17) is 0 Å². The smallest absolute Gasteiger partial charge is 0.251 e. The van der Waals surface area contributed by atoms with E-state index in [2.05, 4.69) is 71.1 Å². The predicted molar refractivity (Wildman–Crippen MR) is 151 cm³/mol. The molecule has 0 radical (unpaired) electrons. The molecule has 0 aromatic heterocycles. The fourth-order valence-corrected chi connectivity index (χ4v) is 9.61. The van der Waals surface area contributed by atoms with Gasteiger partial charge in [0.1, 0.15) is 0 Å². The van der Waals surface area contributed by atoms with Gasteiger partial charge in [0.15, 0.2) is 0 Å². The van der Waals surface area contributed by atoms with Gasteiger partial charge in [-0.3, -0.25) is 4.79 Å². The summed E-state index contributed by atoms with van der Waals surface area (Å²) in [6, 6.07) is 9.95. The summed E-state index contributed by atoms with van der Waals surface area (Å²) in [7, 11) is 4.48. The summed E-state index contributed by atoms with van der Waals surface area (Å²) < 4.78 is 0. The number of hydrogen-bond acceptors (Lipinski definition) is 3. The standard InChI is InChI=1S/C33H48N2O2/c1-21(34-30(37)22-11-9-8-10-12-22)29-27(36)20-33(5)26-15-14-25-23(19-24(26)17-18-32(29,33)4)13-16-28(35(6)7)31(25,2)3/h8-12,17,19,21,25-29,36H,13-16,18,20H2,1-7H3,(H,34,37)/t21-,25+,26+,27+,28-,29-,32+,33-/m0/s1. The Kier molecular flexibility index (Phi) is 6.76. The average Bonchev–Trinajstić information content (AvgIpc) is 2.94. The van der Waals surface area contributed by atoms with E-state index in [9.17, 15) is 9.90 Å².